The Morgan fingerprint density at radius 1 is 1.30 bits per heavy atom. The Kier molecular flexibility index (Phi) is 6.31. The smallest absolute Gasteiger partial charge is 0.270 e. The molecule has 1 aliphatic rings. The van der Waals surface area contributed by atoms with E-state index in [1.165, 1.54) is 0 Å². The Balaban J connectivity index is 1.49. The van der Waals surface area contributed by atoms with Crippen LogP contribution < -0.4 is 10.1 Å². The molecule has 1 aromatic carbocycles. The van der Waals surface area contributed by atoms with E-state index in [1.54, 1.807) is 30.5 Å². The molecule has 1 aliphatic carbocycles. The van der Waals surface area contributed by atoms with Gasteiger partial charge in [-0.2, -0.15) is 5.26 Å². The van der Waals surface area contributed by atoms with Gasteiger partial charge in [-0.1, -0.05) is 24.6 Å². The molecule has 3 rings (SSSR count). The van der Waals surface area contributed by atoms with Gasteiger partial charge in [0.1, 0.15) is 17.5 Å². The lowest BCUT2D eigenvalue weighted by molar-refractivity contribution is 0.0889. The number of amides is 1. The van der Waals surface area contributed by atoms with E-state index < -0.39 is 0 Å². The summed E-state index contributed by atoms with van der Waals surface area (Å²) in [5.41, 5.74) is 2.01. The van der Waals surface area contributed by atoms with Crippen LogP contribution in [-0.2, 0) is 6.42 Å². The molecular formula is C21H22ClN3O2. The standard InChI is InChI=1S/C21H22ClN3O2/c1-2-14-3-10-20(24-13-14)21(26)25-16-5-8-17(9-6-16)27-18-7-4-15(12-23)19(22)11-18/h3-4,7,10-11,13,16-17H,2,5-6,8-9H2,1H3,(H,25,26). The number of rotatable bonds is 5. The Morgan fingerprint density at radius 3 is 2.67 bits per heavy atom. The zero-order valence-electron chi connectivity index (χ0n) is 15.2. The molecule has 140 valence electrons. The number of carbonyl (C=O) groups excluding carboxylic acids is 1. The minimum absolute atomic E-state index is 0.0871. The summed E-state index contributed by atoms with van der Waals surface area (Å²) in [5, 5.41) is 12.4. The van der Waals surface area contributed by atoms with Crippen LogP contribution in [-0.4, -0.2) is 23.0 Å². The van der Waals surface area contributed by atoms with E-state index in [-0.39, 0.29) is 18.1 Å². The van der Waals surface area contributed by atoms with Crippen LogP contribution in [0.3, 0.4) is 0 Å². The summed E-state index contributed by atoms with van der Waals surface area (Å²) < 4.78 is 5.98. The summed E-state index contributed by atoms with van der Waals surface area (Å²) in [6, 6.07) is 11.0. The van der Waals surface area contributed by atoms with Gasteiger partial charge < -0.3 is 10.1 Å². The van der Waals surface area contributed by atoms with Crippen LogP contribution in [0.15, 0.2) is 36.5 Å². The minimum Gasteiger partial charge on any atom is -0.490 e. The van der Waals surface area contributed by atoms with Crippen LogP contribution in [0.25, 0.3) is 0 Å². The van der Waals surface area contributed by atoms with Crippen molar-refractivity contribution in [2.75, 3.05) is 0 Å². The summed E-state index contributed by atoms with van der Waals surface area (Å²) >= 11 is 6.05. The molecule has 0 atom stereocenters. The third kappa shape index (κ3) is 4.99. The average molecular weight is 384 g/mol. The van der Waals surface area contributed by atoms with Gasteiger partial charge in [0.05, 0.1) is 16.7 Å². The maximum absolute atomic E-state index is 12.3. The first-order valence-electron chi connectivity index (χ1n) is 9.21. The van der Waals surface area contributed by atoms with Crippen LogP contribution in [0.5, 0.6) is 5.75 Å². The number of pyridine rings is 1. The van der Waals surface area contributed by atoms with Crippen molar-refractivity contribution in [1.29, 1.82) is 5.26 Å². The van der Waals surface area contributed by atoms with Crippen molar-refractivity contribution in [3.8, 4) is 11.8 Å². The lowest BCUT2D eigenvalue weighted by Gasteiger charge is -2.29. The Hall–Kier alpha value is -2.58. The molecule has 1 fully saturated rings. The number of ether oxygens (including phenoxy) is 1. The number of hydrogen-bond donors (Lipinski definition) is 1. The van der Waals surface area contributed by atoms with Gasteiger partial charge >= 0.3 is 0 Å². The first-order chi connectivity index (χ1) is 13.1. The minimum atomic E-state index is -0.124. The maximum atomic E-state index is 12.3. The van der Waals surface area contributed by atoms with Crippen molar-refractivity contribution in [3.63, 3.8) is 0 Å². The fourth-order valence-corrected chi connectivity index (χ4v) is 3.42. The molecule has 0 radical (unpaired) electrons. The van der Waals surface area contributed by atoms with E-state index in [1.807, 2.05) is 12.1 Å². The van der Waals surface area contributed by atoms with Crippen LogP contribution >= 0.6 is 11.6 Å². The second kappa shape index (κ2) is 8.88. The number of nitrogens with zero attached hydrogens (tertiary/aromatic N) is 2. The molecule has 5 nitrogen and oxygen atoms in total. The topological polar surface area (TPSA) is 75.0 Å². The largest absolute Gasteiger partial charge is 0.490 e. The number of benzene rings is 1. The molecule has 6 heteroatoms. The predicted octanol–water partition coefficient (Wildman–Crippen LogP) is 4.29. The van der Waals surface area contributed by atoms with Crippen LogP contribution in [0.4, 0.5) is 0 Å². The average Bonchev–Trinajstić information content (AvgIpc) is 2.69. The van der Waals surface area contributed by atoms with Crippen LogP contribution in [0.2, 0.25) is 5.02 Å². The molecule has 0 spiro atoms. The molecule has 1 heterocycles. The molecule has 0 unspecified atom stereocenters. The van der Waals surface area contributed by atoms with Crippen molar-refractivity contribution in [3.05, 3.63) is 58.4 Å². The molecule has 0 saturated heterocycles. The van der Waals surface area contributed by atoms with E-state index in [0.717, 1.165) is 37.7 Å². The lowest BCUT2D eigenvalue weighted by Crippen LogP contribution is -2.40. The second-order valence-electron chi connectivity index (χ2n) is 6.72. The van der Waals surface area contributed by atoms with E-state index in [0.29, 0.717) is 22.0 Å². The van der Waals surface area contributed by atoms with Gasteiger partial charge in [0.2, 0.25) is 0 Å². The quantitative estimate of drug-likeness (QED) is 0.835. The normalized spacial score (nSPS) is 19.1. The monoisotopic (exact) mass is 383 g/mol. The van der Waals surface area contributed by atoms with Crippen molar-refractivity contribution in [2.45, 2.75) is 51.2 Å². The molecule has 0 bridgehead atoms. The maximum Gasteiger partial charge on any atom is 0.270 e. The zero-order valence-corrected chi connectivity index (χ0v) is 16.0. The zero-order chi connectivity index (χ0) is 19.2. The van der Waals surface area contributed by atoms with Crippen molar-refractivity contribution in [2.24, 2.45) is 0 Å². The number of nitriles is 1. The van der Waals surface area contributed by atoms with Gasteiger partial charge in [0, 0.05) is 18.3 Å². The van der Waals surface area contributed by atoms with Gasteiger partial charge in [0.15, 0.2) is 0 Å². The van der Waals surface area contributed by atoms with E-state index >= 15 is 0 Å². The first-order valence-corrected chi connectivity index (χ1v) is 9.59. The van der Waals surface area contributed by atoms with Gasteiger partial charge in [-0.05, 0) is 55.9 Å². The Bertz CT molecular complexity index is 837. The molecule has 2 aromatic rings. The third-order valence-electron chi connectivity index (χ3n) is 4.84. The number of aromatic nitrogens is 1. The summed E-state index contributed by atoms with van der Waals surface area (Å²) in [5.74, 6) is 0.549. The van der Waals surface area contributed by atoms with Gasteiger partial charge in [-0.25, -0.2) is 0 Å². The second-order valence-corrected chi connectivity index (χ2v) is 7.13. The van der Waals surface area contributed by atoms with Crippen LogP contribution in [0, 0.1) is 11.3 Å². The molecular weight excluding hydrogens is 362 g/mol. The summed E-state index contributed by atoms with van der Waals surface area (Å²) in [6.45, 7) is 2.06. The van der Waals surface area contributed by atoms with Gasteiger partial charge in [-0.15, -0.1) is 0 Å². The third-order valence-corrected chi connectivity index (χ3v) is 5.15. The van der Waals surface area contributed by atoms with Gasteiger partial charge in [0.25, 0.3) is 5.91 Å². The fraction of sp³-hybridized carbons (Fsp3) is 0.381. The van der Waals surface area contributed by atoms with E-state index in [4.69, 9.17) is 21.6 Å². The first kappa shape index (κ1) is 19.2. The molecule has 27 heavy (non-hydrogen) atoms. The molecule has 1 saturated carbocycles. The predicted molar refractivity (Wildman–Crippen MR) is 104 cm³/mol. The lowest BCUT2D eigenvalue weighted by atomic mass is 9.92. The summed E-state index contributed by atoms with van der Waals surface area (Å²) in [6.07, 6.45) is 6.16. The number of aryl methyl sites for hydroxylation is 1. The molecule has 0 aliphatic heterocycles. The molecule has 1 amide bonds. The van der Waals surface area contributed by atoms with Crippen molar-refractivity contribution < 1.29 is 9.53 Å². The molecule has 1 aromatic heterocycles. The number of hydrogen-bond acceptors (Lipinski definition) is 4. The number of carbonyl (C=O) groups is 1. The van der Waals surface area contributed by atoms with Crippen molar-refractivity contribution in [1.82, 2.24) is 10.3 Å². The summed E-state index contributed by atoms with van der Waals surface area (Å²) in [7, 11) is 0. The van der Waals surface area contributed by atoms with E-state index in [9.17, 15) is 4.79 Å². The SMILES string of the molecule is CCc1ccc(C(=O)NC2CCC(Oc3ccc(C#N)c(Cl)c3)CC2)nc1. The summed E-state index contributed by atoms with van der Waals surface area (Å²) in [4.78, 5) is 16.6. The highest BCUT2D eigenvalue weighted by Gasteiger charge is 2.24. The highest BCUT2D eigenvalue weighted by atomic mass is 35.5. The van der Waals surface area contributed by atoms with Gasteiger partial charge in [-0.3, -0.25) is 9.78 Å². The fourth-order valence-electron chi connectivity index (χ4n) is 3.20. The Labute approximate surface area is 164 Å². The highest BCUT2D eigenvalue weighted by molar-refractivity contribution is 6.31. The molecule has 1 N–H and O–H groups in total. The van der Waals surface area contributed by atoms with Crippen LogP contribution in [0.1, 0.15) is 54.2 Å². The highest BCUT2D eigenvalue weighted by Crippen LogP contribution is 2.27. The Morgan fingerprint density at radius 2 is 2.07 bits per heavy atom. The number of nitrogens with one attached hydrogen (secondary N) is 1. The van der Waals surface area contributed by atoms with Crippen molar-refractivity contribution >= 4 is 17.5 Å². The van der Waals surface area contributed by atoms with E-state index in [2.05, 4.69) is 17.2 Å². The number of halogens is 1.